The van der Waals surface area contributed by atoms with Gasteiger partial charge in [0.05, 0.1) is 21.7 Å². The summed E-state index contributed by atoms with van der Waals surface area (Å²) in [5.41, 5.74) is -3.67. The number of rotatable bonds is 9. The maximum atomic E-state index is 14.0. The number of aliphatic hydroxyl groups is 1. The molecule has 0 saturated carbocycles. The molecule has 1 aliphatic heterocycles. The van der Waals surface area contributed by atoms with Crippen molar-refractivity contribution >= 4 is 40.4 Å². The topological polar surface area (TPSA) is 107 Å². The Bertz CT molecular complexity index is 1120. The predicted octanol–water partition coefficient (Wildman–Crippen LogP) is 3.91. The lowest BCUT2D eigenvalue weighted by Gasteiger charge is -2.27. The Morgan fingerprint density at radius 3 is 2.36 bits per heavy atom. The summed E-state index contributed by atoms with van der Waals surface area (Å²) in [4.78, 5) is 34.6. The van der Waals surface area contributed by atoms with Crippen molar-refractivity contribution in [2.24, 2.45) is 4.99 Å². The maximum absolute atomic E-state index is 14.0. The highest BCUT2D eigenvalue weighted by Gasteiger charge is 2.41. The summed E-state index contributed by atoms with van der Waals surface area (Å²) in [5.74, 6) is -2.19. The third-order valence-electron chi connectivity index (χ3n) is 5.98. The zero-order chi connectivity index (χ0) is 29.9. The molecule has 0 aliphatic carbocycles. The molecule has 1 aromatic rings. The van der Waals surface area contributed by atoms with Crippen LogP contribution in [-0.4, -0.2) is 80.4 Å². The fraction of sp³-hybridized carbons (Fsp3) is 0.625. The number of thiocarbonyl (C=S) groups is 1. The van der Waals surface area contributed by atoms with Crippen LogP contribution in [0.2, 0.25) is 0 Å². The molecule has 2 heterocycles. The van der Waals surface area contributed by atoms with Crippen molar-refractivity contribution in [2.75, 3.05) is 18.4 Å². The van der Waals surface area contributed by atoms with Gasteiger partial charge in [-0.15, -0.1) is 0 Å². The van der Waals surface area contributed by atoms with E-state index >= 15 is 0 Å². The number of anilines is 1. The molecule has 3 N–H and O–H groups in total. The highest BCUT2D eigenvalue weighted by Crippen LogP contribution is 2.35. The molecule has 0 spiro atoms. The Morgan fingerprint density at radius 2 is 1.87 bits per heavy atom. The molecule has 1 unspecified atom stereocenters. The number of nitrogens with zero attached hydrogens (tertiary/aromatic N) is 3. The summed E-state index contributed by atoms with van der Waals surface area (Å²) in [7, 11) is 0. The monoisotopic (exact) mass is 583 g/mol. The van der Waals surface area contributed by atoms with E-state index in [9.17, 15) is 41.0 Å². The number of carbonyl (C=O) groups is 2. The van der Waals surface area contributed by atoms with Crippen molar-refractivity contribution in [3.05, 3.63) is 23.4 Å². The molecule has 39 heavy (non-hydrogen) atoms. The van der Waals surface area contributed by atoms with E-state index in [2.05, 4.69) is 15.3 Å². The van der Waals surface area contributed by atoms with Crippen molar-refractivity contribution in [3.8, 4) is 0 Å². The molecule has 1 saturated heterocycles. The van der Waals surface area contributed by atoms with Crippen molar-refractivity contribution in [1.29, 1.82) is 0 Å². The average molecular weight is 584 g/mol. The molecule has 2 amide bonds. The molecule has 1 aliphatic rings. The summed E-state index contributed by atoms with van der Waals surface area (Å²) in [6.07, 6.45) is -7.88. The lowest BCUT2D eigenvalue weighted by atomic mass is 10.00. The van der Waals surface area contributed by atoms with Gasteiger partial charge in [-0.05, 0) is 53.5 Å². The predicted molar refractivity (Wildman–Crippen MR) is 137 cm³/mol. The SMILES string of the molecule is C/C(=N\C(C(=O)N1CCC[C@@H]1C)C(=S)c1cnc(N[C@@H](C)C(F)(F)F)cc1C(F)(F)F)C(=O)NCC(C)(C)O. The Labute approximate surface area is 227 Å². The molecular formula is C24H31F6N5O3S. The first-order chi connectivity index (χ1) is 17.7. The van der Waals surface area contributed by atoms with Gasteiger partial charge in [-0.25, -0.2) is 4.98 Å². The second kappa shape index (κ2) is 12.1. The van der Waals surface area contributed by atoms with Crippen LogP contribution in [0, 0.1) is 0 Å². The minimum atomic E-state index is -5.07. The number of hydrogen-bond donors (Lipinski definition) is 3. The lowest BCUT2D eigenvalue weighted by molar-refractivity contribution is -0.138. The number of nitrogens with one attached hydrogen (secondary N) is 2. The number of carbonyl (C=O) groups excluding carboxylic acids is 2. The summed E-state index contributed by atoms with van der Waals surface area (Å²) in [5, 5.41) is 14.1. The maximum Gasteiger partial charge on any atom is 0.417 e. The first-order valence-electron chi connectivity index (χ1n) is 12.0. The van der Waals surface area contributed by atoms with Crippen molar-refractivity contribution < 1.29 is 41.0 Å². The Kier molecular flexibility index (Phi) is 10.1. The first kappa shape index (κ1) is 32.4. The van der Waals surface area contributed by atoms with Gasteiger partial charge in [-0.1, -0.05) is 12.2 Å². The van der Waals surface area contributed by atoms with E-state index < -0.39 is 63.7 Å². The van der Waals surface area contributed by atoms with E-state index in [1.807, 2.05) is 5.32 Å². The van der Waals surface area contributed by atoms with Crippen molar-refractivity contribution in [3.63, 3.8) is 0 Å². The van der Waals surface area contributed by atoms with Crippen molar-refractivity contribution in [1.82, 2.24) is 15.2 Å². The number of hydrogen-bond acceptors (Lipinski definition) is 7. The molecule has 8 nitrogen and oxygen atoms in total. The van der Waals surface area contributed by atoms with Crippen molar-refractivity contribution in [2.45, 2.75) is 83.5 Å². The molecule has 218 valence electrons. The second-order valence-corrected chi connectivity index (χ2v) is 10.5. The molecule has 1 fully saturated rings. The number of alkyl halides is 6. The van der Waals surface area contributed by atoms with Crippen LogP contribution < -0.4 is 10.6 Å². The van der Waals surface area contributed by atoms with Gasteiger partial charge >= 0.3 is 12.4 Å². The minimum Gasteiger partial charge on any atom is -0.389 e. The highest BCUT2D eigenvalue weighted by atomic mass is 32.1. The zero-order valence-electron chi connectivity index (χ0n) is 22.0. The van der Waals surface area contributed by atoms with Crippen LogP contribution in [0.3, 0.4) is 0 Å². The Morgan fingerprint density at radius 1 is 1.26 bits per heavy atom. The Hall–Kier alpha value is -2.81. The van der Waals surface area contributed by atoms with Gasteiger partial charge in [0.1, 0.15) is 11.9 Å². The van der Waals surface area contributed by atoms with E-state index in [-0.39, 0.29) is 18.3 Å². The van der Waals surface area contributed by atoms with E-state index in [1.54, 1.807) is 6.92 Å². The van der Waals surface area contributed by atoms with E-state index in [4.69, 9.17) is 12.2 Å². The van der Waals surface area contributed by atoms with Crippen LogP contribution in [-0.2, 0) is 15.8 Å². The number of likely N-dealkylation sites (tertiary alicyclic amines) is 1. The van der Waals surface area contributed by atoms with Gasteiger partial charge in [0, 0.05) is 30.9 Å². The van der Waals surface area contributed by atoms with Crippen LogP contribution in [0.5, 0.6) is 0 Å². The number of halogens is 6. The lowest BCUT2D eigenvalue weighted by Crippen LogP contribution is -2.45. The summed E-state index contributed by atoms with van der Waals surface area (Å²) < 4.78 is 80.9. The van der Waals surface area contributed by atoms with Gasteiger partial charge in [0.2, 0.25) is 0 Å². The second-order valence-electron chi connectivity index (χ2n) is 10.0. The van der Waals surface area contributed by atoms with E-state index in [0.29, 0.717) is 31.6 Å². The van der Waals surface area contributed by atoms with Gasteiger partial charge < -0.3 is 20.6 Å². The summed E-state index contributed by atoms with van der Waals surface area (Å²) >= 11 is 5.30. The molecular weight excluding hydrogens is 552 g/mol. The van der Waals surface area contributed by atoms with Crippen LogP contribution in [0.15, 0.2) is 17.3 Å². The average Bonchev–Trinajstić information content (AvgIpc) is 3.24. The number of pyridine rings is 1. The molecule has 0 bridgehead atoms. The fourth-order valence-electron chi connectivity index (χ4n) is 3.74. The molecule has 0 radical (unpaired) electrons. The highest BCUT2D eigenvalue weighted by molar-refractivity contribution is 7.81. The van der Waals surface area contributed by atoms with Crippen LogP contribution in [0.1, 0.15) is 58.6 Å². The molecule has 0 aromatic carbocycles. The summed E-state index contributed by atoms with van der Waals surface area (Å²) in [6, 6.07) is -3.78. The fourth-order valence-corrected chi connectivity index (χ4v) is 4.05. The van der Waals surface area contributed by atoms with Gasteiger partial charge in [0.15, 0.2) is 6.04 Å². The largest absolute Gasteiger partial charge is 0.417 e. The number of aliphatic imine (C=N–C) groups is 1. The zero-order valence-corrected chi connectivity index (χ0v) is 22.8. The van der Waals surface area contributed by atoms with Gasteiger partial charge in [-0.2, -0.15) is 26.3 Å². The first-order valence-corrected chi connectivity index (χ1v) is 12.4. The van der Waals surface area contributed by atoms with Gasteiger partial charge in [0.25, 0.3) is 11.8 Å². The third kappa shape index (κ3) is 8.85. The van der Waals surface area contributed by atoms with Crippen LogP contribution in [0.25, 0.3) is 0 Å². The van der Waals surface area contributed by atoms with Crippen LogP contribution >= 0.6 is 12.2 Å². The van der Waals surface area contributed by atoms with Gasteiger partial charge in [-0.3, -0.25) is 14.6 Å². The number of aromatic nitrogens is 1. The number of amides is 2. The molecule has 2 rings (SSSR count). The Balaban J connectivity index is 2.54. The molecule has 1 aromatic heterocycles. The quantitative estimate of drug-likeness (QED) is 0.176. The van der Waals surface area contributed by atoms with Crippen LogP contribution in [0.4, 0.5) is 32.2 Å². The molecule has 15 heteroatoms. The van der Waals surface area contributed by atoms with E-state index in [1.165, 1.54) is 25.7 Å². The summed E-state index contributed by atoms with van der Waals surface area (Å²) in [6.45, 7) is 6.73. The standard InChI is InChI=1S/C24H31F6N5O3S/c1-12-7-6-8-35(12)21(37)18(33-13(2)20(36)32-11-22(4,5)38)19(39)15-10-31-17(9-16(15)24(28,29)30)34-14(3)23(25,26)27/h9-10,12,14,18,38H,6-8,11H2,1-5H3,(H,31,34)(H,32,36)/b33-13+/t12-,14-,18?/m0/s1. The smallest absolute Gasteiger partial charge is 0.389 e. The molecule has 3 atom stereocenters. The third-order valence-corrected chi connectivity index (χ3v) is 6.42. The minimum absolute atomic E-state index is 0.169. The normalized spacial score (nSPS) is 18.5. The van der Waals surface area contributed by atoms with E-state index in [0.717, 1.165) is 6.92 Å².